The molecule has 0 aliphatic carbocycles. The fourth-order valence-electron chi connectivity index (χ4n) is 3.11. The van der Waals surface area contributed by atoms with Crippen molar-refractivity contribution < 1.29 is 13.2 Å². The summed E-state index contributed by atoms with van der Waals surface area (Å²) in [4.78, 5) is 16.6. The number of benzene rings is 1. The van der Waals surface area contributed by atoms with Gasteiger partial charge in [0.25, 0.3) is 5.56 Å². The van der Waals surface area contributed by atoms with Gasteiger partial charge in [-0.25, -0.2) is 4.98 Å². The van der Waals surface area contributed by atoms with E-state index >= 15 is 0 Å². The molecule has 3 heterocycles. The van der Waals surface area contributed by atoms with Gasteiger partial charge < -0.3 is 0 Å². The molecule has 0 saturated heterocycles. The molecule has 4 rings (SSSR count). The molecule has 0 bridgehead atoms. The smallest absolute Gasteiger partial charge is 0.273 e. The quantitative estimate of drug-likeness (QED) is 0.507. The monoisotopic (exact) mass is 392 g/mol. The summed E-state index contributed by atoms with van der Waals surface area (Å²) in [5, 5.41) is 5.66. The number of rotatable bonds is 2. The number of fused-ring (bicyclic) bond motifs is 3. The average molecular weight is 393 g/mol. The minimum atomic E-state index is -4.72. The summed E-state index contributed by atoms with van der Waals surface area (Å²) >= 11 is 6.07. The molecule has 4 aromatic rings. The second kappa shape index (κ2) is 6.09. The number of aromatic nitrogens is 4. The maximum atomic E-state index is 13.5. The molecule has 0 fully saturated rings. The van der Waals surface area contributed by atoms with Crippen LogP contribution in [-0.4, -0.2) is 19.3 Å². The van der Waals surface area contributed by atoms with E-state index in [0.717, 1.165) is 10.8 Å². The Bertz CT molecular complexity index is 1240. The molecule has 0 saturated carbocycles. The lowest BCUT2D eigenvalue weighted by Gasteiger charge is -2.16. The zero-order valence-electron chi connectivity index (χ0n) is 14.0. The maximum Gasteiger partial charge on any atom is 0.435 e. The van der Waals surface area contributed by atoms with E-state index in [9.17, 15) is 18.0 Å². The van der Waals surface area contributed by atoms with Gasteiger partial charge in [-0.1, -0.05) is 17.7 Å². The average Bonchev–Trinajstić information content (AvgIpc) is 3.06. The largest absolute Gasteiger partial charge is 0.435 e. The van der Waals surface area contributed by atoms with Gasteiger partial charge in [-0.15, -0.1) is 0 Å². The highest BCUT2D eigenvalue weighted by molar-refractivity contribution is 6.31. The molecule has 1 aromatic carbocycles. The number of nitrogens with zero attached hydrogens (tertiary/aromatic N) is 4. The predicted molar refractivity (Wildman–Crippen MR) is 96.3 cm³/mol. The molecule has 138 valence electrons. The van der Waals surface area contributed by atoms with Crippen LogP contribution in [0.2, 0.25) is 5.02 Å². The fourth-order valence-corrected chi connectivity index (χ4v) is 3.27. The van der Waals surface area contributed by atoms with Crippen molar-refractivity contribution in [3.63, 3.8) is 0 Å². The van der Waals surface area contributed by atoms with E-state index < -0.39 is 17.4 Å². The number of halogens is 4. The molecule has 5 nitrogen and oxygen atoms in total. The summed E-state index contributed by atoms with van der Waals surface area (Å²) in [7, 11) is 0. The molecule has 0 spiro atoms. The summed E-state index contributed by atoms with van der Waals surface area (Å²) in [6, 6.07) is 7.31. The van der Waals surface area contributed by atoms with Crippen LogP contribution in [-0.2, 0) is 12.7 Å². The Labute approximate surface area is 155 Å². The Balaban J connectivity index is 2.23. The number of aryl methyl sites for hydroxylation is 1. The third-order valence-corrected chi connectivity index (χ3v) is 4.51. The van der Waals surface area contributed by atoms with E-state index in [1.807, 2.05) is 6.92 Å². The Kier molecular flexibility index (Phi) is 3.96. The van der Waals surface area contributed by atoms with Crippen LogP contribution in [0.15, 0.2) is 47.5 Å². The lowest BCUT2D eigenvalue weighted by atomic mass is 10.1. The van der Waals surface area contributed by atoms with E-state index in [1.165, 1.54) is 18.2 Å². The van der Waals surface area contributed by atoms with Crippen molar-refractivity contribution in [3.8, 4) is 5.69 Å². The van der Waals surface area contributed by atoms with E-state index in [-0.39, 0.29) is 16.7 Å². The van der Waals surface area contributed by atoms with Gasteiger partial charge in [-0.3, -0.25) is 14.0 Å². The minimum Gasteiger partial charge on any atom is -0.273 e. The fraction of sp³-hybridized carbons (Fsp3) is 0.167. The summed E-state index contributed by atoms with van der Waals surface area (Å²) < 4.78 is 43.0. The maximum absolute atomic E-state index is 13.5. The number of pyridine rings is 2. The van der Waals surface area contributed by atoms with Crippen LogP contribution in [0, 0.1) is 0 Å². The molecule has 0 N–H and O–H groups in total. The van der Waals surface area contributed by atoms with Crippen LogP contribution in [0.25, 0.3) is 27.5 Å². The first-order valence-electron chi connectivity index (χ1n) is 8.05. The Morgan fingerprint density at radius 1 is 1.19 bits per heavy atom. The zero-order valence-corrected chi connectivity index (χ0v) is 14.7. The van der Waals surface area contributed by atoms with Crippen molar-refractivity contribution in [2.45, 2.75) is 19.6 Å². The standard InChI is InChI=1S/C18H12ClF3N4O/c1-2-25-9-12-11-6-5-10(19)8-14(11)26(17(27)15(12)24-25)13-4-3-7-23-16(13)18(20,21)22/h3-9H,2H2,1H3. The lowest BCUT2D eigenvalue weighted by Crippen LogP contribution is -2.23. The molecule has 0 aliphatic heterocycles. The van der Waals surface area contributed by atoms with Crippen LogP contribution >= 0.6 is 11.6 Å². The third-order valence-electron chi connectivity index (χ3n) is 4.28. The van der Waals surface area contributed by atoms with Crippen molar-refractivity contribution in [1.29, 1.82) is 0 Å². The van der Waals surface area contributed by atoms with Crippen molar-refractivity contribution >= 4 is 33.4 Å². The van der Waals surface area contributed by atoms with Crippen molar-refractivity contribution in [3.05, 3.63) is 63.8 Å². The molecular formula is C18H12ClF3N4O. The van der Waals surface area contributed by atoms with Gasteiger partial charge in [0.1, 0.15) is 0 Å². The van der Waals surface area contributed by atoms with Gasteiger partial charge in [0, 0.05) is 34.7 Å². The third kappa shape index (κ3) is 2.76. The second-order valence-corrected chi connectivity index (χ2v) is 6.35. The second-order valence-electron chi connectivity index (χ2n) is 5.92. The van der Waals surface area contributed by atoms with Crippen LogP contribution in [0.4, 0.5) is 13.2 Å². The lowest BCUT2D eigenvalue weighted by molar-refractivity contribution is -0.141. The molecule has 27 heavy (non-hydrogen) atoms. The van der Waals surface area contributed by atoms with Gasteiger partial charge in [-0.2, -0.15) is 18.3 Å². The van der Waals surface area contributed by atoms with E-state index in [2.05, 4.69) is 10.1 Å². The number of alkyl halides is 3. The van der Waals surface area contributed by atoms with E-state index in [0.29, 0.717) is 22.3 Å². The molecule has 0 aliphatic rings. The topological polar surface area (TPSA) is 52.7 Å². The molecular weight excluding hydrogens is 381 g/mol. The SMILES string of the molecule is CCn1cc2c(n1)c(=O)n(-c1cccnc1C(F)(F)F)c1cc(Cl)ccc21. The highest BCUT2D eigenvalue weighted by Gasteiger charge is 2.36. The van der Waals surface area contributed by atoms with Gasteiger partial charge in [0.2, 0.25) is 0 Å². The minimum absolute atomic E-state index is 0.0867. The molecule has 0 atom stereocenters. The normalized spacial score (nSPS) is 12.2. The molecule has 3 aromatic heterocycles. The van der Waals surface area contributed by atoms with Gasteiger partial charge in [0.05, 0.1) is 11.2 Å². The van der Waals surface area contributed by atoms with Crippen LogP contribution < -0.4 is 5.56 Å². The first kappa shape index (κ1) is 17.5. The summed E-state index contributed by atoms with van der Waals surface area (Å²) in [5.41, 5.74) is -1.83. The number of hydrogen-bond donors (Lipinski definition) is 0. The van der Waals surface area contributed by atoms with Crippen molar-refractivity contribution in [2.24, 2.45) is 0 Å². The van der Waals surface area contributed by atoms with Gasteiger partial charge in [-0.05, 0) is 31.2 Å². The molecule has 9 heteroatoms. The molecule has 0 radical (unpaired) electrons. The Morgan fingerprint density at radius 2 is 1.96 bits per heavy atom. The van der Waals surface area contributed by atoms with E-state index in [4.69, 9.17) is 11.6 Å². The van der Waals surface area contributed by atoms with E-state index in [1.54, 1.807) is 23.0 Å². The summed E-state index contributed by atoms with van der Waals surface area (Å²) in [5.74, 6) is 0. The summed E-state index contributed by atoms with van der Waals surface area (Å²) in [6.07, 6.45) is -1.99. The first-order chi connectivity index (χ1) is 12.8. The Hall–Kier alpha value is -2.87. The number of hydrogen-bond acceptors (Lipinski definition) is 3. The predicted octanol–water partition coefficient (Wildman–Crippen LogP) is 4.43. The summed E-state index contributed by atoms with van der Waals surface area (Å²) in [6.45, 7) is 2.37. The van der Waals surface area contributed by atoms with Gasteiger partial charge in [0.15, 0.2) is 11.2 Å². The highest BCUT2D eigenvalue weighted by Crippen LogP contribution is 2.34. The highest BCUT2D eigenvalue weighted by atomic mass is 35.5. The van der Waals surface area contributed by atoms with Crippen LogP contribution in [0.5, 0.6) is 0 Å². The van der Waals surface area contributed by atoms with Gasteiger partial charge >= 0.3 is 6.18 Å². The van der Waals surface area contributed by atoms with Crippen LogP contribution in [0.1, 0.15) is 12.6 Å². The van der Waals surface area contributed by atoms with Crippen LogP contribution in [0.3, 0.4) is 0 Å². The van der Waals surface area contributed by atoms with Crippen molar-refractivity contribution in [1.82, 2.24) is 19.3 Å². The molecule has 0 unspecified atom stereocenters. The van der Waals surface area contributed by atoms with Crippen molar-refractivity contribution in [2.75, 3.05) is 0 Å². The molecule has 0 amide bonds. The first-order valence-corrected chi connectivity index (χ1v) is 8.43. The zero-order chi connectivity index (χ0) is 19.3. The Morgan fingerprint density at radius 3 is 2.67 bits per heavy atom.